The number of hydrogen-bond acceptors (Lipinski definition) is 4. The predicted octanol–water partition coefficient (Wildman–Crippen LogP) is 2.64. The Hall–Kier alpha value is -2.17. The van der Waals surface area contributed by atoms with Crippen LogP contribution >= 0.6 is 0 Å². The Morgan fingerprint density at radius 3 is 2.29 bits per heavy atom. The van der Waals surface area contributed by atoms with Gasteiger partial charge in [-0.2, -0.15) is 0 Å². The first-order valence-corrected chi connectivity index (χ1v) is 6.92. The van der Waals surface area contributed by atoms with Crippen LogP contribution in [0.3, 0.4) is 0 Å². The Bertz CT molecular complexity index is 497. The second kappa shape index (κ2) is 8.89. The molecule has 1 N–H and O–H groups in total. The summed E-state index contributed by atoms with van der Waals surface area (Å²) in [4.78, 5) is 11.7. The van der Waals surface area contributed by atoms with Crippen LogP contribution in [0.1, 0.15) is 25.3 Å². The standard InChI is InChI=1S/C16H23NO4/c1-5-6-9-17-16(18)8-7-12-10-14(20-3)15(21-4)11-13(12)19-2/h7-8,10-11H,5-6,9H2,1-4H3,(H,17,18)/b8-7+. The van der Waals surface area contributed by atoms with Crippen molar-refractivity contribution in [1.82, 2.24) is 5.32 Å². The minimum atomic E-state index is -0.125. The van der Waals surface area contributed by atoms with E-state index >= 15 is 0 Å². The molecule has 1 aromatic carbocycles. The lowest BCUT2D eigenvalue weighted by Crippen LogP contribution is -2.21. The average Bonchev–Trinajstić information content (AvgIpc) is 2.52. The molecule has 0 saturated carbocycles. The minimum Gasteiger partial charge on any atom is -0.496 e. The number of nitrogens with one attached hydrogen (secondary N) is 1. The van der Waals surface area contributed by atoms with Gasteiger partial charge in [0, 0.05) is 24.3 Å². The molecular formula is C16H23NO4. The highest BCUT2D eigenvalue weighted by Crippen LogP contribution is 2.35. The molecule has 0 unspecified atom stereocenters. The van der Waals surface area contributed by atoms with E-state index in [1.807, 2.05) is 0 Å². The quantitative estimate of drug-likeness (QED) is 0.591. The van der Waals surface area contributed by atoms with Crippen LogP contribution in [0.4, 0.5) is 0 Å². The lowest BCUT2D eigenvalue weighted by Gasteiger charge is -2.12. The number of amides is 1. The van der Waals surface area contributed by atoms with Crippen LogP contribution < -0.4 is 19.5 Å². The number of carbonyl (C=O) groups excluding carboxylic acids is 1. The van der Waals surface area contributed by atoms with E-state index in [-0.39, 0.29) is 5.91 Å². The van der Waals surface area contributed by atoms with Gasteiger partial charge in [-0.1, -0.05) is 13.3 Å². The van der Waals surface area contributed by atoms with Crippen molar-refractivity contribution in [2.24, 2.45) is 0 Å². The zero-order valence-corrected chi connectivity index (χ0v) is 13.1. The molecule has 0 atom stereocenters. The van der Waals surface area contributed by atoms with Gasteiger partial charge in [-0.25, -0.2) is 0 Å². The van der Waals surface area contributed by atoms with Gasteiger partial charge in [0.2, 0.25) is 5.91 Å². The van der Waals surface area contributed by atoms with Gasteiger partial charge in [-0.05, 0) is 18.6 Å². The summed E-state index contributed by atoms with van der Waals surface area (Å²) in [6.45, 7) is 2.76. The lowest BCUT2D eigenvalue weighted by atomic mass is 10.1. The molecule has 0 aliphatic heterocycles. The first kappa shape index (κ1) is 16.9. The van der Waals surface area contributed by atoms with E-state index in [1.54, 1.807) is 39.5 Å². The zero-order valence-electron chi connectivity index (χ0n) is 13.1. The summed E-state index contributed by atoms with van der Waals surface area (Å²) in [5, 5.41) is 2.82. The van der Waals surface area contributed by atoms with Crippen molar-refractivity contribution >= 4 is 12.0 Å². The zero-order chi connectivity index (χ0) is 15.7. The lowest BCUT2D eigenvalue weighted by molar-refractivity contribution is -0.116. The van der Waals surface area contributed by atoms with Crippen molar-refractivity contribution in [3.8, 4) is 17.2 Å². The molecule has 0 bridgehead atoms. The SMILES string of the molecule is CCCCNC(=O)/C=C/c1cc(OC)c(OC)cc1OC. The van der Waals surface area contributed by atoms with Gasteiger partial charge in [0.25, 0.3) is 0 Å². The summed E-state index contributed by atoms with van der Waals surface area (Å²) in [6, 6.07) is 3.50. The number of rotatable bonds is 8. The van der Waals surface area contributed by atoms with E-state index in [0.717, 1.165) is 18.4 Å². The van der Waals surface area contributed by atoms with Gasteiger partial charge in [0.05, 0.1) is 21.3 Å². The monoisotopic (exact) mass is 293 g/mol. The van der Waals surface area contributed by atoms with Gasteiger partial charge < -0.3 is 19.5 Å². The summed E-state index contributed by atoms with van der Waals surface area (Å²) in [5.41, 5.74) is 0.751. The average molecular weight is 293 g/mol. The van der Waals surface area contributed by atoms with Gasteiger partial charge in [-0.15, -0.1) is 0 Å². The minimum absolute atomic E-state index is 0.125. The number of methoxy groups -OCH3 is 3. The Morgan fingerprint density at radius 2 is 1.71 bits per heavy atom. The molecule has 0 aliphatic rings. The molecule has 0 aliphatic carbocycles. The molecule has 21 heavy (non-hydrogen) atoms. The molecular weight excluding hydrogens is 270 g/mol. The van der Waals surface area contributed by atoms with Crippen LogP contribution in [0, 0.1) is 0 Å². The van der Waals surface area contributed by atoms with Crippen LogP contribution in [0.25, 0.3) is 6.08 Å². The van der Waals surface area contributed by atoms with Crippen molar-refractivity contribution in [3.05, 3.63) is 23.8 Å². The highest BCUT2D eigenvalue weighted by atomic mass is 16.5. The van der Waals surface area contributed by atoms with Crippen molar-refractivity contribution in [1.29, 1.82) is 0 Å². The van der Waals surface area contributed by atoms with E-state index < -0.39 is 0 Å². The molecule has 1 amide bonds. The largest absolute Gasteiger partial charge is 0.496 e. The van der Waals surface area contributed by atoms with Crippen LogP contribution in [0.5, 0.6) is 17.2 Å². The second-order valence-corrected chi connectivity index (χ2v) is 4.43. The van der Waals surface area contributed by atoms with Crippen molar-refractivity contribution < 1.29 is 19.0 Å². The summed E-state index contributed by atoms with van der Waals surface area (Å²) in [5.74, 6) is 1.66. The maximum Gasteiger partial charge on any atom is 0.244 e. The van der Waals surface area contributed by atoms with E-state index in [1.165, 1.54) is 6.08 Å². The Morgan fingerprint density at radius 1 is 1.10 bits per heavy atom. The van der Waals surface area contributed by atoms with Gasteiger partial charge >= 0.3 is 0 Å². The van der Waals surface area contributed by atoms with Crippen LogP contribution in [-0.2, 0) is 4.79 Å². The first-order valence-electron chi connectivity index (χ1n) is 6.92. The summed E-state index contributed by atoms with van der Waals surface area (Å²) < 4.78 is 15.8. The molecule has 1 aromatic rings. The third-order valence-electron chi connectivity index (χ3n) is 2.98. The normalized spacial score (nSPS) is 10.5. The number of unbranched alkanes of at least 4 members (excludes halogenated alkanes) is 1. The summed E-state index contributed by atoms with van der Waals surface area (Å²) in [7, 11) is 4.70. The van der Waals surface area contributed by atoms with E-state index in [9.17, 15) is 4.79 Å². The summed E-state index contributed by atoms with van der Waals surface area (Å²) in [6.07, 6.45) is 5.20. The smallest absolute Gasteiger partial charge is 0.244 e. The third-order valence-corrected chi connectivity index (χ3v) is 2.98. The molecule has 0 spiro atoms. The predicted molar refractivity (Wildman–Crippen MR) is 83.0 cm³/mol. The molecule has 116 valence electrons. The summed E-state index contributed by atoms with van der Waals surface area (Å²) >= 11 is 0. The molecule has 0 radical (unpaired) electrons. The second-order valence-electron chi connectivity index (χ2n) is 4.43. The van der Waals surface area contributed by atoms with Crippen molar-refractivity contribution in [2.45, 2.75) is 19.8 Å². The number of benzene rings is 1. The Kier molecular flexibility index (Phi) is 7.15. The van der Waals surface area contributed by atoms with Gasteiger partial charge in [-0.3, -0.25) is 4.79 Å². The maximum absolute atomic E-state index is 11.7. The first-order chi connectivity index (χ1) is 10.2. The van der Waals surface area contributed by atoms with Crippen molar-refractivity contribution in [2.75, 3.05) is 27.9 Å². The number of carbonyl (C=O) groups is 1. The topological polar surface area (TPSA) is 56.8 Å². The van der Waals surface area contributed by atoms with E-state index in [2.05, 4.69) is 12.2 Å². The Labute approximate surface area is 125 Å². The van der Waals surface area contributed by atoms with E-state index in [4.69, 9.17) is 14.2 Å². The Balaban J connectivity index is 2.88. The third kappa shape index (κ3) is 5.02. The molecule has 5 nitrogen and oxygen atoms in total. The van der Waals surface area contributed by atoms with Crippen LogP contribution in [0.15, 0.2) is 18.2 Å². The van der Waals surface area contributed by atoms with Gasteiger partial charge in [0.1, 0.15) is 5.75 Å². The van der Waals surface area contributed by atoms with Gasteiger partial charge in [0.15, 0.2) is 11.5 Å². The number of hydrogen-bond donors (Lipinski definition) is 1. The fraction of sp³-hybridized carbons (Fsp3) is 0.438. The molecule has 0 aromatic heterocycles. The molecule has 0 heterocycles. The fourth-order valence-electron chi connectivity index (χ4n) is 1.80. The molecule has 5 heteroatoms. The number of ether oxygens (including phenoxy) is 3. The molecule has 0 saturated heterocycles. The van der Waals surface area contributed by atoms with Crippen molar-refractivity contribution in [3.63, 3.8) is 0 Å². The highest BCUT2D eigenvalue weighted by Gasteiger charge is 2.10. The highest BCUT2D eigenvalue weighted by molar-refractivity contribution is 5.92. The van der Waals surface area contributed by atoms with Crippen LogP contribution in [-0.4, -0.2) is 33.8 Å². The molecule has 0 fully saturated rings. The maximum atomic E-state index is 11.7. The fourth-order valence-corrected chi connectivity index (χ4v) is 1.80. The molecule has 1 rings (SSSR count). The van der Waals surface area contributed by atoms with Crippen LogP contribution in [0.2, 0.25) is 0 Å². The van der Waals surface area contributed by atoms with E-state index in [0.29, 0.717) is 23.8 Å².